The molecule has 0 fully saturated rings. The number of anilines is 5. The van der Waals surface area contributed by atoms with Crippen molar-refractivity contribution in [1.29, 1.82) is 0 Å². The molecule has 1 unspecified atom stereocenters. The summed E-state index contributed by atoms with van der Waals surface area (Å²) in [6, 6.07) is 90.8. The van der Waals surface area contributed by atoms with E-state index in [2.05, 4.69) is 284 Å². The molecule has 2 nitrogen and oxygen atoms in total. The molecule has 2 aliphatic rings. The van der Waals surface area contributed by atoms with Gasteiger partial charge in [-0.1, -0.05) is 194 Å². The highest BCUT2D eigenvalue weighted by Gasteiger charge is 2.47. The van der Waals surface area contributed by atoms with Crippen LogP contribution in [0.4, 0.5) is 28.4 Å². The third-order valence-corrected chi connectivity index (χ3v) is 13.8. The summed E-state index contributed by atoms with van der Waals surface area (Å²) in [6.07, 6.45) is 7.22. The van der Waals surface area contributed by atoms with Crippen molar-refractivity contribution >= 4 is 44.8 Å². The maximum atomic E-state index is 2.50. The SMILES string of the molecule is C[C@]12C=C(c3ccc(N(c4ccc(-c5cccc(-c6ccc7ccccc7c6)c5)cc4)c4cc(-c5ccccc5)cc(-c5ccccc5)c4)cc3)C=CC1N(c1ccccc1)c1ccccc12. The van der Waals surface area contributed by atoms with Crippen molar-refractivity contribution in [3.8, 4) is 44.5 Å². The third kappa shape index (κ3) is 7.43. The van der Waals surface area contributed by atoms with E-state index in [0.717, 1.165) is 17.1 Å². The molecule has 2 heteroatoms. The van der Waals surface area contributed by atoms with Gasteiger partial charge in [0.2, 0.25) is 0 Å². The second-order valence-corrected chi connectivity index (χ2v) is 18.0. The number of para-hydroxylation sites is 2. The summed E-state index contributed by atoms with van der Waals surface area (Å²) in [7, 11) is 0. The average molecular weight is 857 g/mol. The Hall–Kier alpha value is -8.46. The normalized spacial score (nSPS) is 16.0. The smallest absolute Gasteiger partial charge is 0.0655 e. The van der Waals surface area contributed by atoms with Gasteiger partial charge in [0, 0.05) is 33.9 Å². The van der Waals surface area contributed by atoms with E-state index in [1.165, 1.54) is 83.4 Å². The second kappa shape index (κ2) is 16.8. The molecule has 12 rings (SSSR count). The Labute approximate surface area is 393 Å². The maximum absolute atomic E-state index is 2.50. The minimum atomic E-state index is -0.205. The van der Waals surface area contributed by atoms with Gasteiger partial charge in [0.1, 0.15) is 0 Å². The topological polar surface area (TPSA) is 6.48 Å². The Bertz CT molecular complexity index is 3400. The Kier molecular flexibility index (Phi) is 10.1. The molecule has 0 spiro atoms. The van der Waals surface area contributed by atoms with Crippen LogP contribution in [-0.4, -0.2) is 6.04 Å². The van der Waals surface area contributed by atoms with Crippen LogP contribution in [0.15, 0.2) is 267 Å². The van der Waals surface area contributed by atoms with E-state index < -0.39 is 0 Å². The van der Waals surface area contributed by atoms with E-state index >= 15 is 0 Å². The van der Waals surface area contributed by atoms with Gasteiger partial charge in [-0.15, -0.1) is 0 Å². The van der Waals surface area contributed by atoms with Gasteiger partial charge >= 0.3 is 0 Å². The Morgan fingerprint density at radius 1 is 0.373 bits per heavy atom. The zero-order valence-corrected chi connectivity index (χ0v) is 37.4. The molecule has 1 aliphatic heterocycles. The molecule has 1 heterocycles. The number of fused-ring (bicyclic) bond motifs is 4. The fraction of sp³-hybridized carbons (Fsp3) is 0.0462. The van der Waals surface area contributed by atoms with Gasteiger partial charge in [-0.3, -0.25) is 0 Å². The van der Waals surface area contributed by atoms with Crippen LogP contribution in [0.3, 0.4) is 0 Å². The number of allylic oxidation sites excluding steroid dienone is 2. The van der Waals surface area contributed by atoms with Gasteiger partial charge in [-0.2, -0.15) is 0 Å². The van der Waals surface area contributed by atoms with Crippen LogP contribution in [0.2, 0.25) is 0 Å². The molecule has 0 bridgehead atoms. The molecule has 10 aromatic carbocycles. The zero-order chi connectivity index (χ0) is 44.7. The van der Waals surface area contributed by atoms with Gasteiger partial charge in [-0.25, -0.2) is 0 Å². The number of hydrogen-bond donors (Lipinski definition) is 0. The first-order valence-electron chi connectivity index (χ1n) is 23.3. The number of hydrogen-bond acceptors (Lipinski definition) is 2. The van der Waals surface area contributed by atoms with Gasteiger partial charge in [-0.05, 0) is 152 Å². The van der Waals surface area contributed by atoms with Gasteiger partial charge < -0.3 is 9.80 Å². The van der Waals surface area contributed by atoms with Crippen LogP contribution in [0, 0.1) is 0 Å². The molecule has 0 saturated heterocycles. The first-order chi connectivity index (χ1) is 33.1. The van der Waals surface area contributed by atoms with Crippen molar-refractivity contribution in [2.75, 3.05) is 9.80 Å². The molecule has 0 aromatic heterocycles. The lowest BCUT2D eigenvalue weighted by Crippen LogP contribution is -2.39. The third-order valence-electron chi connectivity index (χ3n) is 13.8. The van der Waals surface area contributed by atoms with E-state index in [1.54, 1.807) is 0 Å². The standard InChI is InChI=1S/C65H48N2/c1-65-45-55(34-39-64(65)67(58-24-9-4-10-25-58)63-27-14-13-26-62(63)65)50-32-37-60(38-33-50)66(61-43-56(46-16-5-2-6-17-46)42-57(44-61)47-18-7-3-8-19-47)59-35-30-49(31-36-59)52-22-15-23-53(40-52)54-29-28-48-20-11-12-21-51(48)41-54/h2-45,64H,1H3/t64?,65-/m1/s1. The monoisotopic (exact) mass is 856 g/mol. The first-order valence-corrected chi connectivity index (χ1v) is 23.3. The summed E-state index contributed by atoms with van der Waals surface area (Å²) in [4.78, 5) is 4.91. The van der Waals surface area contributed by atoms with E-state index in [0.29, 0.717) is 0 Å². The van der Waals surface area contributed by atoms with Gasteiger partial charge in [0.15, 0.2) is 0 Å². The Morgan fingerprint density at radius 3 is 1.54 bits per heavy atom. The van der Waals surface area contributed by atoms with Crippen molar-refractivity contribution in [2.45, 2.75) is 18.4 Å². The largest absolute Gasteiger partial charge is 0.333 e. The molecule has 0 saturated carbocycles. The molecule has 0 N–H and O–H groups in total. The molecule has 0 radical (unpaired) electrons. The van der Waals surface area contributed by atoms with E-state index in [1.807, 2.05) is 0 Å². The molecule has 1 aliphatic carbocycles. The highest BCUT2D eigenvalue weighted by Crippen LogP contribution is 2.53. The first kappa shape index (κ1) is 40.1. The number of nitrogens with zero attached hydrogens (tertiary/aromatic N) is 2. The molecule has 67 heavy (non-hydrogen) atoms. The lowest BCUT2D eigenvalue weighted by Gasteiger charge is -2.36. The van der Waals surface area contributed by atoms with Crippen LogP contribution >= 0.6 is 0 Å². The lowest BCUT2D eigenvalue weighted by atomic mass is 9.73. The quantitative estimate of drug-likeness (QED) is 0.143. The predicted molar refractivity (Wildman–Crippen MR) is 284 cm³/mol. The fourth-order valence-electron chi connectivity index (χ4n) is 10.4. The summed E-state index contributed by atoms with van der Waals surface area (Å²) in [5.41, 5.74) is 18.8. The van der Waals surface area contributed by atoms with Gasteiger partial charge in [0.25, 0.3) is 0 Å². The Morgan fingerprint density at radius 2 is 0.866 bits per heavy atom. The number of rotatable bonds is 9. The van der Waals surface area contributed by atoms with E-state index in [9.17, 15) is 0 Å². The maximum Gasteiger partial charge on any atom is 0.0655 e. The molecule has 318 valence electrons. The highest BCUT2D eigenvalue weighted by molar-refractivity contribution is 5.90. The van der Waals surface area contributed by atoms with Crippen LogP contribution in [-0.2, 0) is 5.41 Å². The van der Waals surface area contributed by atoms with Crippen LogP contribution in [0.25, 0.3) is 60.9 Å². The summed E-state index contributed by atoms with van der Waals surface area (Å²) in [5.74, 6) is 0. The van der Waals surface area contributed by atoms with Crippen molar-refractivity contribution in [3.05, 3.63) is 278 Å². The number of benzene rings is 10. The Balaban J connectivity index is 0.938. The minimum absolute atomic E-state index is 0.172. The summed E-state index contributed by atoms with van der Waals surface area (Å²) in [6.45, 7) is 2.40. The summed E-state index contributed by atoms with van der Waals surface area (Å²) in [5, 5.41) is 2.50. The second-order valence-electron chi connectivity index (χ2n) is 18.0. The molecular weight excluding hydrogens is 809 g/mol. The minimum Gasteiger partial charge on any atom is -0.333 e. The van der Waals surface area contributed by atoms with Crippen molar-refractivity contribution < 1.29 is 0 Å². The fourth-order valence-corrected chi connectivity index (χ4v) is 10.4. The van der Waals surface area contributed by atoms with E-state index in [4.69, 9.17) is 0 Å². The van der Waals surface area contributed by atoms with Crippen molar-refractivity contribution in [2.24, 2.45) is 0 Å². The summed E-state index contributed by atoms with van der Waals surface area (Å²) >= 11 is 0. The molecule has 0 amide bonds. The molecule has 10 aromatic rings. The highest BCUT2D eigenvalue weighted by atomic mass is 15.2. The van der Waals surface area contributed by atoms with Crippen molar-refractivity contribution in [1.82, 2.24) is 0 Å². The average Bonchev–Trinajstić information content (AvgIpc) is 3.67. The van der Waals surface area contributed by atoms with E-state index in [-0.39, 0.29) is 11.5 Å². The zero-order valence-electron chi connectivity index (χ0n) is 37.4. The summed E-state index contributed by atoms with van der Waals surface area (Å²) < 4.78 is 0. The van der Waals surface area contributed by atoms with Crippen LogP contribution < -0.4 is 9.80 Å². The lowest BCUT2D eigenvalue weighted by molar-refractivity contribution is 0.553. The predicted octanol–water partition coefficient (Wildman–Crippen LogP) is 17.4. The van der Waals surface area contributed by atoms with Crippen LogP contribution in [0.1, 0.15) is 18.1 Å². The van der Waals surface area contributed by atoms with Crippen molar-refractivity contribution in [3.63, 3.8) is 0 Å². The van der Waals surface area contributed by atoms with Crippen LogP contribution in [0.5, 0.6) is 0 Å². The van der Waals surface area contributed by atoms with Gasteiger partial charge in [0.05, 0.1) is 6.04 Å². The molecule has 2 atom stereocenters. The molecular formula is C65H48N2.